The summed E-state index contributed by atoms with van der Waals surface area (Å²) in [6.07, 6.45) is 28.7. The summed E-state index contributed by atoms with van der Waals surface area (Å²) in [4.78, 5) is 42.5. The average molecular weight is 1120 g/mol. The normalized spacial score (nSPS) is 11.3. The lowest BCUT2D eigenvalue weighted by atomic mass is 10.1. The highest BCUT2D eigenvalue weighted by atomic mass is 35.5. The first kappa shape index (κ1) is 54.2. The Morgan fingerprint density at radius 3 is 1.99 bits per heavy atom. The molecule has 8 aromatic heterocycles. The summed E-state index contributed by atoms with van der Waals surface area (Å²) in [7, 11) is -1.79. The molecule has 0 radical (unpaired) electrons. The molecule has 23 heteroatoms. The van der Waals surface area contributed by atoms with E-state index >= 15 is 0 Å². The second-order valence-electron chi connectivity index (χ2n) is 18.4. The summed E-state index contributed by atoms with van der Waals surface area (Å²) in [6, 6.07) is 29.1. The zero-order valence-electron chi connectivity index (χ0n) is 44.2. The number of aromatic nitrogens is 12. The van der Waals surface area contributed by atoms with Gasteiger partial charge in [0.25, 0.3) is 0 Å². The van der Waals surface area contributed by atoms with E-state index in [2.05, 4.69) is 68.8 Å². The number of H-pyrrole nitrogens is 1. The first-order valence-corrected chi connectivity index (χ1v) is 27.6. The number of halogens is 1. The first-order valence-electron chi connectivity index (χ1n) is 25.4. The molecule has 0 spiro atoms. The number of aromatic amines is 1. The maximum atomic E-state index is 11.6. The Bertz CT molecular complexity index is 4330. The van der Waals surface area contributed by atoms with Crippen molar-refractivity contribution in [3.05, 3.63) is 193 Å². The molecule has 0 saturated carbocycles. The molecule has 8 heterocycles. The molecule has 0 amide bonds. The van der Waals surface area contributed by atoms with Gasteiger partial charge in [0.15, 0.2) is 34.4 Å². The van der Waals surface area contributed by atoms with E-state index < -0.39 is 16.0 Å². The summed E-state index contributed by atoms with van der Waals surface area (Å²) in [6.45, 7) is 4.02. The first-order chi connectivity index (χ1) is 39.3. The maximum Gasteiger partial charge on any atom is 0.335 e. The van der Waals surface area contributed by atoms with Crippen LogP contribution >= 0.6 is 11.6 Å². The molecule has 0 aliphatic carbocycles. The number of carboxylic acid groups (broad SMARTS) is 1. The molecule has 4 aromatic carbocycles. The third-order valence-corrected chi connectivity index (χ3v) is 13.4. The molecule has 0 saturated heterocycles. The standard InChI is InChI=1S/C20H18ClN5O2S.C20H14N6O2.C18H21N5O/c1-13-7-8-14(11-17(13)25-29(2,27)28)23-19-20-22-9-10-26(20)12-18(24-19)15-5-3-4-6-16(15)21;27-20(28)13-3-1-12(2-4-13)17-11-26-8-7-21-19(26)18(24-17)23-15-6-5-14-10-22-25-16(14)9-15;1-3-4-5-6-7-15-13-23-11-10-19-18(23)17(22-15)21-14-8-9-16(24-2)20-12-14/h3-12,25H,1-2H3,(H,23,24);1-11H,(H,22,25)(H,23,24)(H,27,28);6-13H,3-5H2,1-2H3,(H,21,22)/b;;7-6+. The molecular weight excluding hydrogens is 1070 g/mol. The third-order valence-electron chi connectivity index (χ3n) is 12.4. The van der Waals surface area contributed by atoms with Gasteiger partial charge >= 0.3 is 5.97 Å². The summed E-state index contributed by atoms with van der Waals surface area (Å²) >= 11 is 6.35. The number of methoxy groups -OCH3 is 1. The Morgan fingerprint density at radius 2 is 1.35 bits per heavy atom. The number of rotatable bonds is 16. The van der Waals surface area contributed by atoms with E-state index in [1.165, 1.54) is 12.8 Å². The van der Waals surface area contributed by atoms with Crippen molar-refractivity contribution < 1.29 is 23.1 Å². The maximum absolute atomic E-state index is 11.6. The molecule has 6 N–H and O–H groups in total. The monoisotopic (exact) mass is 1120 g/mol. The van der Waals surface area contributed by atoms with Crippen molar-refractivity contribution in [2.24, 2.45) is 0 Å². The molecule has 0 aliphatic heterocycles. The van der Waals surface area contributed by atoms with Gasteiger partial charge in [-0.05, 0) is 79.6 Å². The highest BCUT2D eigenvalue weighted by Gasteiger charge is 2.15. The number of nitrogens with zero attached hydrogens (tertiary/aromatic N) is 11. The van der Waals surface area contributed by atoms with Crippen LogP contribution in [0.3, 0.4) is 0 Å². The minimum absolute atomic E-state index is 0.235. The molecule has 12 aromatic rings. The van der Waals surface area contributed by atoms with E-state index in [1.807, 2.05) is 124 Å². The molecule has 21 nitrogen and oxygen atoms in total. The Labute approximate surface area is 469 Å². The number of sulfonamides is 1. The summed E-state index contributed by atoms with van der Waals surface area (Å²) in [5.41, 5.74) is 10.8. The van der Waals surface area contributed by atoms with Crippen LogP contribution in [-0.2, 0) is 10.0 Å². The molecule has 0 bridgehead atoms. The van der Waals surface area contributed by atoms with Gasteiger partial charge < -0.3 is 39.0 Å². The van der Waals surface area contributed by atoms with Crippen molar-refractivity contribution in [2.45, 2.75) is 33.1 Å². The zero-order chi connectivity index (χ0) is 56.5. The molecule has 0 fully saturated rings. The van der Waals surface area contributed by atoms with Crippen LogP contribution < -0.4 is 25.4 Å². The fraction of sp³-hybridized carbons (Fsp3) is 0.121. The van der Waals surface area contributed by atoms with E-state index in [4.69, 9.17) is 31.4 Å². The van der Waals surface area contributed by atoms with Gasteiger partial charge in [0.1, 0.15) is 0 Å². The molecule has 408 valence electrons. The lowest BCUT2D eigenvalue weighted by Gasteiger charge is -2.13. The molecule has 0 aliphatic rings. The van der Waals surface area contributed by atoms with Crippen molar-refractivity contribution in [1.82, 2.24) is 58.3 Å². The topological polar surface area (TPSA) is 261 Å². The number of carboxylic acids is 1. The van der Waals surface area contributed by atoms with Gasteiger partial charge in [0.05, 0.1) is 70.3 Å². The van der Waals surface area contributed by atoms with Crippen LogP contribution in [0.1, 0.15) is 47.8 Å². The molecule has 0 unspecified atom stereocenters. The molecular formula is C58H53ClN16O5S. The number of fused-ring (bicyclic) bond motifs is 4. The third kappa shape index (κ3) is 13.2. The minimum atomic E-state index is -3.39. The van der Waals surface area contributed by atoms with Crippen LogP contribution in [-0.4, -0.2) is 91.1 Å². The Morgan fingerprint density at radius 1 is 0.728 bits per heavy atom. The molecule has 0 atom stereocenters. The number of anilines is 7. The van der Waals surface area contributed by atoms with Gasteiger partial charge in [0.2, 0.25) is 15.9 Å². The Balaban J connectivity index is 0.000000137. The van der Waals surface area contributed by atoms with Crippen LogP contribution in [0.5, 0.6) is 5.88 Å². The number of carbonyl (C=O) groups is 1. The van der Waals surface area contributed by atoms with E-state index in [1.54, 1.807) is 74.5 Å². The predicted molar refractivity (Wildman–Crippen MR) is 317 cm³/mol. The number of benzene rings is 4. The summed E-state index contributed by atoms with van der Waals surface area (Å²) in [5.74, 6) is 1.45. The largest absolute Gasteiger partial charge is 0.481 e. The summed E-state index contributed by atoms with van der Waals surface area (Å²) < 4.78 is 36.6. The van der Waals surface area contributed by atoms with Crippen LogP contribution in [0.25, 0.3) is 56.4 Å². The van der Waals surface area contributed by atoms with E-state index in [0.29, 0.717) is 62.4 Å². The number of nitrogens with one attached hydrogen (secondary N) is 5. The van der Waals surface area contributed by atoms with E-state index in [0.717, 1.165) is 63.0 Å². The number of imidazole rings is 3. The number of pyridine rings is 1. The van der Waals surface area contributed by atoms with Gasteiger partial charge in [-0.3, -0.25) is 9.82 Å². The lowest BCUT2D eigenvalue weighted by Crippen LogP contribution is -2.11. The quantitative estimate of drug-likeness (QED) is 0.0491. The van der Waals surface area contributed by atoms with Crippen LogP contribution in [0.4, 0.5) is 40.2 Å². The Hall–Kier alpha value is -10.2. The number of ether oxygens (including phenoxy) is 1. The van der Waals surface area contributed by atoms with Crippen LogP contribution in [0.2, 0.25) is 5.02 Å². The average Bonchev–Trinajstić information content (AvgIpc) is 4.44. The SMILES string of the molecule is CCCC/C=C/c1cn2ccnc2c(Nc2ccc(OC)nc2)n1.Cc1ccc(Nc2nc(-c3ccccc3Cl)cn3ccnc23)cc1NS(C)(=O)=O.O=C(O)c1ccc(-c2cn3ccnc3c(Nc3ccc4cn[nH]c4c3)n2)cc1. The van der Waals surface area contributed by atoms with Gasteiger partial charge in [-0.25, -0.2) is 48.1 Å². The molecule has 81 heavy (non-hydrogen) atoms. The highest BCUT2D eigenvalue weighted by Crippen LogP contribution is 2.32. The zero-order valence-corrected chi connectivity index (χ0v) is 45.7. The van der Waals surface area contributed by atoms with Crippen molar-refractivity contribution >= 4 is 102 Å². The van der Waals surface area contributed by atoms with Gasteiger partial charge in [0, 0.05) is 89.7 Å². The van der Waals surface area contributed by atoms with Crippen molar-refractivity contribution in [1.29, 1.82) is 0 Å². The highest BCUT2D eigenvalue weighted by molar-refractivity contribution is 7.92. The fourth-order valence-electron chi connectivity index (χ4n) is 8.40. The van der Waals surface area contributed by atoms with Gasteiger partial charge in [-0.1, -0.05) is 73.8 Å². The number of aromatic carboxylic acids is 1. The number of aryl methyl sites for hydroxylation is 1. The minimum Gasteiger partial charge on any atom is -0.481 e. The van der Waals surface area contributed by atoms with E-state index in [-0.39, 0.29) is 5.56 Å². The van der Waals surface area contributed by atoms with E-state index in [9.17, 15) is 13.2 Å². The van der Waals surface area contributed by atoms with Crippen LogP contribution in [0.15, 0.2) is 171 Å². The number of allylic oxidation sites excluding steroid dienone is 1. The Kier molecular flexibility index (Phi) is 16.2. The molecule has 12 rings (SSSR count). The second-order valence-corrected chi connectivity index (χ2v) is 20.5. The van der Waals surface area contributed by atoms with Crippen LogP contribution in [0, 0.1) is 6.92 Å². The number of hydrogen-bond donors (Lipinski definition) is 6. The van der Waals surface area contributed by atoms with Crippen molar-refractivity contribution in [2.75, 3.05) is 34.0 Å². The predicted octanol–water partition coefficient (Wildman–Crippen LogP) is 12.3. The van der Waals surface area contributed by atoms with Crippen molar-refractivity contribution in [3.8, 4) is 28.4 Å². The fourth-order valence-corrected chi connectivity index (χ4v) is 9.26. The van der Waals surface area contributed by atoms with Gasteiger partial charge in [-0.2, -0.15) is 5.10 Å². The smallest absolute Gasteiger partial charge is 0.335 e. The van der Waals surface area contributed by atoms with Crippen molar-refractivity contribution in [3.63, 3.8) is 0 Å². The lowest BCUT2D eigenvalue weighted by molar-refractivity contribution is 0.0696. The number of hydrogen-bond acceptors (Lipinski definition) is 15. The van der Waals surface area contributed by atoms with Gasteiger partial charge in [-0.15, -0.1) is 0 Å². The second kappa shape index (κ2) is 24.2. The number of unbranched alkanes of at least 4 members (excludes halogenated alkanes) is 2. The summed E-state index contributed by atoms with van der Waals surface area (Å²) in [5, 5.41) is 27.5.